The van der Waals surface area contributed by atoms with Gasteiger partial charge in [0.15, 0.2) is 0 Å². The number of piperidine rings is 1. The van der Waals surface area contributed by atoms with Gasteiger partial charge in [0.25, 0.3) is 0 Å². The zero-order chi connectivity index (χ0) is 10.1. The van der Waals surface area contributed by atoms with E-state index in [1.807, 2.05) is 5.51 Å². The number of rotatable bonds is 1. The third-order valence-corrected chi connectivity index (χ3v) is 3.83. The predicted octanol–water partition coefficient (Wildman–Crippen LogP) is 3.29. The largest absolute Gasteiger partial charge is 0.371 e. The van der Waals surface area contributed by atoms with E-state index in [9.17, 15) is 0 Å². The summed E-state index contributed by atoms with van der Waals surface area (Å²) in [4.78, 5) is 6.79. The van der Waals surface area contributed by atoms with Crippen LogP contribution in [0.15, 0.2) is 23.7 Å². The first-order valence-electron chi connectivity index (χ1n) is 5.52. The van der Waals surface area contributed by atoms with E-state index in [-0.39, 0.29) is 0 Å². The molecule has 0 radical (unpaired) electrons. The summed E-state index contributed by atoms with van der Waals surface area (Å²) in [5, 5.41) is 0. The molecule has 2 aromatic rings. The molecule has 0 unspecified atom stereocenters. The topological polar surface area (TPSA) is 16.1 Å². The van der Waals surface area contributed by atoms with Crippen LogP contribution < -0.4 is 4.90 Å². The minimum Gasteiger partial charge on any atom is -0.371 e. The summed E-state index contributed by atoms with van der Waals surface area (Å²) in [6, 6.07) is 6.61. The average Bonchev–Trinajstić information content (AvgIpc) is 2.77. The first kappa shape index (κ1) is 9.16. The van der Waals surface area contributed by atoms with E-state index in [0.717, 1.165) is 5.52 Å². The van der Waals surface area contributed by atoms with Crippen molar-refractivity contribution in [1.82, 2.24) is 4.98 Å². The summed E-state index contributed by atoms with van der Waals surface area (Å²) >= 11 is 1.73. The lowest BCUT2D eigenvalue weighted by molar-refractivity contribution is 0.578. The second-order valence-electron chi connectivity index (χ2n) is 4.05. The van der Waals surface area contributed by atoms with Gasteiger partial charge >= 0.3 is 0 Å². The Labute approximate surface area is 93.6 Å². The van der Waals surface area contributed by atoms with Crippen LogP contribution in [0.2, 0.25) is 0 Å². The van der Waals surface area contributed by atoms with Crippen LogP contribution in [0.1, 0.15) is 19.3 Å². The fraction of sp³-hybridized carbons (Fsp3) is 0.417. The number of thiazole rings is 1. The predicted molar refractivity (Wildman–Crippen MR) is 65.7 cm³/mol. The van der Waals surface area contributed by atoms with Gasteiger partial charge in [0.2, 0.25) is 0 Å². The molecule has 1 fully saturated rings. The van der Waals surface area contributed by atoms with Gasteiger partial charge in [-0.15, -0.1) is 11.3 Å². The van der Waals surface area contributed by atoms with Gasteiger partial charge in [0, 0.05) is 18.8 Å². The van der Waals surface area contributed by atoms with Crippen molar-refractivity contribution in [3.8, 4) is 0 Å². The van der Waals surface area contributed by atoms with Gasteiger partial charge in [-0.1, -0.05) is 0 Å². The van der Waals surface area contributed by atoms with Gasteiger partial charge in [0.1, 0.15) is 0 Å². The van der Waals surface area contributed by atoms with Gasteiger partial charge in [0.05, 0.1) is 15.7 Å². The molecule has 0 N–H and O–H groups in total. The first-order chi connectivity index (χ1) is 7.43. The second-order valence-corrected chi connectivity index (χ2v) is 4.94. The smallest absolute Gasteiger partial charge is 0.0813 e. The first-order valence-corrected chi connectivity index (χ1v) is 6.40. The zero-order valence-corrected chi connectivity index (χ0v) is 9.46. The maximum absolute atomic E-state index is 4.30. The summed E-state index contributed by atoms with van der Waals surface area (Å²) in [6.07, 6.45) is 4.06. The lowest BCUT2D eigenvalue weighted by Crippen LogP contribution is -2.29. The van der Waals surface area contributed by atoms with E-state index in [2.05, 4.69) is 28.1 Å². The SMILES string of the molecule is c1nc2ccc(N3CCCCC3)cc2s1. The van der Waals surface area contributed by atoms with Crippen LogP contribution in [-0.2, 0) is 0 Å². The second kappa shape index (κ2) is 3.81. The molecule has 3 heteroatoms. The molecule has 0 bridgehead atoms. The molecular formula is C12H14N2S. The van der Waals surface area contributed by atoms with E-state index in [1.165, 1.54) is 42.7 Å². The van der Waals surface area contributed by atoms with Gasteiger partial charge < -0.3 is 4.90 Å². The molecular weight excluding hydrogens is 204 g/mol. The molecule has 2 heterocycles. The normalized spacial score (nSPS) is 17.2. The van der Waals surface area contributed by atoms with Crippen molar-refractivity contribution in [1.29, 1.82) is 0 Å². The fourth-order valence-corrected chi connectivity index (χ4v) is 2.90. The molecule has 1 saturated heterocycles. The quantitative estimate of drug-likeness (QED) is 0.730. The highest BCUT2D eigenvalue weighted by molar-refractivity contribution is 7.16. The Morgan fingerprint density at radius 3 is 2.87 bits per heavy atom. The van der Waals surface area contributed by atoms with Crippen molar-refractivity contribution in [2.45, 2.75) is 19.3 Å². The molecule has 1 aliphatic heterocycles. The number of benzene rings is 1. The third-order valence-electron chi connectivity index (χ3n) is 3.04. The Balaban J connectivity index is 1.95. The van der Waals surface area contributed by atoms with Crippen LogP contribution in [0.25, 0.3) is 10.2 Å². The van der Waals surface area contributed by atoms with Crippen LogP contribution in [0.4, 0.5) is 5.69 Å². The molecule has 0 saturated carbocycles. The molecule has 1 aromatic carbocycles. The molecule has 1 aliphatic rings. The van der Waals surface area contributed by atoms with E-state index >= 15 is 0 Å². The lowest BCUT2D eigenvalue weighted by atomic mass is 10.1. The third kappa shape index (κ3) is 1.72. The molecule has 3 rings (SSSR count). The molecule has 2 nitrogen and oxygen atoms in total. The van der Waals surface area contributed by atoms with Gasteiger partial charge in [-0.2, -0.15) is 0 Å². The van der Waals surface area contributed by atoms with Crippen LogP contribution >= 0.6 is 11.3 Å². The summed E-state index contributed by atoms with van der Waals surface area (Å²) in [6.45, 7) is 2.43. The number of hydrogen-bond acceptors (Lipinski definition) is 3. The van der Waals surface area contributed by atoms with Crippen LogP contribution in [0.3, 0.4) is 0 Å². The highest BCUT2D eigenvalue weighted by Gasteiger charge is 2.11. The van der Waals surface area contributed by atoms with Crippen molar-refractivity contribution in [2.75, 3.05) is 18.0 Å². The van der Waals surface area contributed by atoms with Crippen molar-refractivity contribution < 1.29 is 0 Å². The zero-order valence-electron chi connectivity index (χ0n) is 8.65. The van der Waals surface area contributed by atoms with E-state index < -0.39 is 0 Å². The van der Waals surface area contributed by atoms with Crippen LogP contribution in [0.5, 0.6) is 0 Å². The Morgan fingerprint density at radius 2 is 2.00 bits per heavy atom. The molecule has 0 amide bonds. The van der Waals surface area contributed by atoms with Crippen LogP contribution in [0, 0.1) is 0 Å². The maximum Gasteiger partial charge on any atom is 0.0813 e. The molecule has 78 valence electrons. The van der Waals surface area contributed by atoms with Crippen molar-refractivity contribution in [2.24, 2.45) is 0 Å². The highest BCUT2D eigenvalue weighted by Crippen LogP contribution is 2.26. The molecule has 0 aliphatic carbocycles. The Morgan fingerprint density at radius 1 is 1.13 bits per heavy atom. The number of nitrogens with zero attached hydrogens (tertiary/aromatic N) is 2. The number of aromatic nitrogens is 1. The fourth-order valence-electron chi connectivity index (χ4n) is 2.19. The number of anilines is 1. The van der Waals surface area contributed by atoms with Gasteiger partial charge in [-0.05, 0) is 37.5 Å². The van der Waals surface area contributed by atoms with Gasteiger partial charge in [-0.25, -0.2) is 4.98 Å². The maximum atomic E-state index is 4.30. The Kier molecular flexibility index (Phi) is 2.33. The van der Waals surface area contributed by atoms with E-state index in [0.29, 0.717) is 0 Å². The monoisotopic (exact) mass is 218 g/mol. The Hall–Kier alpha value is -1.09. The van der Waals surface area contributed by atoms with Gasteiger partial charge in [-0.3, -0.25) is 0 Å². The van der Waals surface area contributed by atoms with Crippen molar-refractivity contribution in [3.05, 3.63) is 23.7 Å². The summed E-state index contributed by atoms with van der Waals surface area (Å²) in [5.41, 5.74) is 4.41. The standard InChI is InChI=1S/C12H14N2S/c1-2-6-14(7-3-1)10-4-5-11-12(8-10)15-9-13-11/h4-5,8-9H,1-3,6-7H2. The summed E-state index contributed by atoms with van der Waals surface area (Å²) < 4.78 is 1.30. The van der Waals surface area contributed by atoms with Crippen molar-refractivity contribution >= 4 is 27.2 Å². The summed E-state index contributed by atoms with van der Waals surface area (Å²) in [5.74, 6) is 0. The molecule has 15 heavy (non-hydrogen) atoms. The molecule has 0 spiro atoms. The minimum absolute atomic E-state index is 1.13. The summed E-state index contributed by atoms with van der Waals surface area (Å²) in [7, 11) is 0. The van der Waals surface area contributed by atoms with Crippen molar-refractivity contribution in [3.63, 3.8) is 0 Å². The highest BCUT2D eigenvalue weighted by atomic mass is 32.1. The average molecular weight is 218 g/mol. The molecule has 0 atom stereocenters. The minimum atomic E-state index is 1.13. The number of fused-ring (bicyclic) bond motifs is 1. The number of hydrogen-bond donors (Lipinski definition) is 0. The van der Waals surface area contributed by atoms with E-state index in [1.54, 1.807) is 11.3 Å². The molecule has 1 aromatic heterocycles. The van der Waals surface area contributed by atoms with Crippen LogP contribution in [-0.4, -0.2) is 18.1 Å². The Bertz CT molecular complexity index is 457. The lowest BCUT2D eigenvalue weighted by Gasteiger charge is -2.28. The van der Waals surface area contributed by atoms with E-state index in [4.69, 9.17) is 0 Å².